The Morgan fingerprint density at radius 2 is 2.50 bits per heavy atom. The molecule has 0 aliphatic carbocycles. The van der Waals surface area contributed by atoms with Crippen molar-refractivity contribution in [3.63, 3.8) is 0 Å². The van der Waals surface area contributed by atoms with E-state index < -0.39 is 6.17 Å². The number of anilines is 1. The van der Waals surface area contributed by atoms with E-state index in [1.54, 1.807) is 0 Å². The molecule has 2 unspecified atom stereocenters. The van der Waals surface area contributed by atoms with Crippen LogP contribution in [0.1, 0.15) is 6.42 Å². The number of nitrogens with one attached hydrogen (secondary N) is 2. The number of aromatic nitrogens is 2. The van der Waals surface area contributed by atoms with Crippen LogP contribution in [0.15, 0.2) is 4.34 Å². The average molecular weight is 291 g/mol. The Morgan fingerprint density at radius 1 is 1.67 bits per heavy atom. The smallest absolute Gasteiger partial charge is 0.230 e. The van der Waals surface area contributed by atoms with Crippen molar-refractivity contribution in [2.45, 2.75) is 23.0 Å². The highest BCUT2D eigenvalue weighted by Gasteiger charge is 2.23. The molecule has 0 bridgehead atoms. The molecular weight excluding hydrogens is 277 g/mol. The Labute approximate surface area is 112 Å². The zero-order chi connectivity index (χ0) is 13.0. The van der Waals surface area contributed by atoms with Gasteiger partial charge in [-0.05, 0) is 6.42 Å². The van der Waals surface area contributed by atoms with Gasteiger partial charge in [-0.25, -0.2) is 4.39 Å². The van der Waals surface area contributed by atoms with Gasteiger partial charge in [-0.15, -0.1) is 10.2 Å². The molecule has 2 heterocycles. The summed E-state index contributed by atoms with van der Waals surface area (Å²) in [5.74, 6) is 0.165. The summed E-state index contributed by atoms with van der Waals surface area (Å²) in [4.78, 5) is 11.5. The lowest BCUT2D eigenvalue weighted by Gasteiger charge is -2.10. The number of thioether (sulfide) groups is 1. The monoisotopic (exact) mass is 291 g/mol. The van der Waals surface area contributed by atoms with Gasteiger partial charge in [-0.1, -0.05) is 23.1 Å². The van der Waals surface area contributed by atoms with Gasteiger partial charge in [0.25, 0.3) is 0 Å². The second-order valence-electron chi connectivity index (χ2n) is 3.94. The summed E-state index contributed by atoms with van der Waals surface area (Å²) in [6, 6.07) is 0.0334. The van der Waals surface area contributed by atoms with Crippen LogP contribution < -0.4 is 16.4 Å². The predicted octanol–water partition coefficient (Wildman–Crippen LogP) is 0.0286. The molecule has 2 rings (SSSR count). The summed E-state index contributed by atoms with van der Waals surface area (Å²) >= 11 is 2.54. The minimum Gasteiger partial charge on any atom is -0.374 e. The van der Waals surface area contributed by atoms with Gasteiger partial charge in [0.1, 0.15) is 6.17 Å². The fourth-order valence-electron chi connectivity index (χ4n) is 1.62. The van der Waals surface area contributed by atoms with Gasteiger partial charge < -0.3 is 16.4 Å². The van der Waals surface area contributed by atoms with Crippen LogP contribution in [0.4, 0.5) is 9.52 Å². The third-order valence-corrected chi connectivity index (χ3v) is 4.35. The summed E-state index contributed by atoms with van der Waals surface area (Å²) in [6.45, 7) is 0.831. The van der Waals surface area contributed by atoms with E-state index in [0.29, 0.717) is 29.0 Å². The van der Waals surface area contributed by atoms with E-state index in [2.05, 4.69) is 20.8 Å². The zero-order valence-electron chi connectivity index (χ0n) is 9.56. The lowest BCUT2D eigenvalue weighted by Crippen LogP contribution is -2.37. The fourth-order valence-corrected chi connectivity index (χ4v) is 3.09. The van der Waals surface area contributed by atoms with E-state index in [0.717, 1.165) is 0 Å². The molecule has 4 N–H and O–H groups in total. The number of nitrogens with two attached hydrogens (primary N) is 1. The number of alkyl halides is 1. The Bertz CT molecular complexity index is 415. The summed E-state index contributed by atoms with van der Waals surface area (Å²) in [7, 11) is 0. The average Bonchev–Trinajstić information content (AvgIpc) is 2.93. The summed E-state index contributed by atoms with van der Waals surface area (Å²) in [5, 5.41) is 13.6. The molecule has 9 heteroatoms. The topological polar surface area (TPSA) is 92.9 Å². The first-order chi connectivity index (χ1) is 8.63. The maximum atomic E-state index is 12.9. The molecule has 1 fully saturated rings. The Hall–Kier alpha value is -0.930. The molecule has 0 spiro atoms. The molecule has 2 atom stereocenters. The molecule has 0 aromatic carbocycles. The molecule has 1 saturated heterocycles. The molecule has 0 saturated carbocycles. The van der Waals surface area contributed by atoms with Crippen LogP contribution in [0.2, 0.25) is 0 Å². The first kappa shape index (κ1) is 13.5. The second-order valence-corrected chi connectivity index (χ2v) is 6.17. The van der Waals surface area contributed by atoms with Crippen LogP contribution in [0, 0.1) is 0 Å². The summed E-state index contributed by atoms with van der Waals surface area (Å²) in [6.07, 6.45) is -0.342. The molecule has 6 nitrogen and oxygen atoms in total. The number of hydrogen-bond acceptors (Lipinski definition) is 7. The van der Waals surface area contributed by atoms with Crippen LogP contribution in [0.5, 0.6) is 0 Å². The number of halogens is 1. The number of amides is 1. The number of carbonyl (C=O) groups is 1. The van der Waals surface area contributed by atoms with Gasteiger partial charge in [0.2, 0.25) is 11.0 Å². The zero-order valence-corrected chi connectivity index (χ0v) is 11.2. The maximum absolute atomic E-state index is 12.9. The largest absolute Gasteiger partial charge is 0.374 e. The molecule has 1 amide bonds. The Kier molecular flexibility index (Phi) is 4.72. The lowest BCUT2D eigenvalue weighted by atomic mass is 10.2. The van der Waals surface area contributed by atoms with Crippen LogP contribution in [0.25, 0.3) is 0 Å². The van der Waals surface area contributed by atoms with E-state index in [9.17, 15) is 9.18 Å². The highest BCUT2D eigenvalue weighted by Crippen LogP contribution is 2.22. The van der Waals surface area contributed by atoms with Crippen molar-refractivity contribution in [3.8, 4) is 0 Å². The molecule has 1 aliphatic heterocycles. The van der Waals surface area contributed by atoms with Crippen molar-refractivity contribution in [1.82, 2.24) is 20.8 Å². The SMILES string of the molecule is Nc1nnc(SCC(=O)NCC2CC(F)CN2)s1. The summed E-state index contributed by atoms with van der Waals surface area (Å²) in [5.41, 5.74) is 5.43. The highest BCUT2D eigenvalue weighted by atomic mass is 32.2. The van der Waals surface area contributed by atoms with Gasteiger partial charge in [-0.3, -0.25) is 4.79 Å². The van der Waals surface area contributed by atoms with Crippen molar-refractivity contribution in [1.29, 1.82) is 0 Å². The second kappa shape index (κ2) is 6.30. The van der Waals surface area contributed by atoms with E-state index in [1.165, 1.54) is 23.1 Å². The molecule has 0 radical (unpaired) electrons. The van der Waals surface area contributed by atoms with Crippen LogP contribution in [0.3, 0.4) is 0 Å². The van der Waals surface area contributed by atoms with Crippen molar-refractivity contribution in [3.05, 3.63) is 0 Å². The first-order valence-electron chi connectivity index (χ1n) is 5.49. The molecule has 1 aromatic rings. The van der Waals surface area contributed by atoms with Crippen LogP contribution in [-0.4, -0.2) is 47.2 Å². The minimum absolute atomic E-state index is 0.0334. The minimum atomic E-state index is -0.800. The van der Waals surface area contributed by atoms with Crippen molar-refractivity contribution in [2.24, 2.45) is 0 Å². The van der Waals surface area contributed by atoms with E-state index in [1.807, 2.05) is 0 Å². The maximum Gasteiger partial charge on any atom is 0.230 e. The number of rotatable bonds is 5. The number of carbonyl (C=O) groups excluding carboxylic acids is 1. The van der Waals surface area contributed by atoms with E-state index in [-0.39, 0.29) is 17.7 Å². The number of hydrogen-bond donors (Lipinski definition) is 3. The van der Waals surface area contributed by atoms with Gasteiger partial charge in [0.05, 0.1) is 5.75 Å². The van der Waals surface area contributed by atoms with Gasteiger partial charge in [0.15, 0.2) is 4.34 Å². The highest BCUT2D eigenvalue weighted by molar-refractivity contribution is 8.01. The third-order valence-electron chi connectivity index (χ3n) is 2.46. The van der Waals surface area contributed by atoms with Gasteiger partial charge >= 0.3 is 0 Å². The first-order valence-corrected chi connectivity index (χ1v) is 7.29. The van der Waals surface area contributed by atoms with Gasteiger partial charge in [0, 0.05) is 19.1 Å². The molecule has 1 aliphatic rings. The predicted molar refractivity (Wildman–Crippen MR) is 69.4 cm³/mol. The molecular formula is C9H14FN5OS2. The lowest BCUT2D eigenvalue weighted by molar-refractivity contribution is -0.118. The fraction of sp³-hybridized carbons (Fsp3) is 0.667. The molecule has 100 valence electrons. The standard InChI is InChI=1S/C9H14FN5OS2/c10-5-1-6(12-2-5)3-13-7(16)4-17-9-15-14-8(11)18-9/h5-6,12H,1-4H2,(H2,11,14)(H,13,16). The Morgan fingerprint density at radius 3 is 3.11 bits per heavy atom. The summed E-state index contributed by atoms with van der Waals surface area (Å²) < 4.78 is 13.5. The van der Waals surface area contributed by atoms with Crippen molar-refractivity contribution in [2.75, 3.05) is 24.6 Å². The normalized spacial score (nSPS) is 23.2. The van der Waals surface area contributed by atoms with Crippen molar-refractivity contribution >= 4 is 34.1 Å². The van der Waals surface area contributed by atoms with E-state index >= 15 is 0 Å². The number of nitrogens with zero attached hydrogens (tertiary/aromatic N) is 2. The molecule has 18 heavy (non-hydrogen) atoms. The third kappa shape index (κ3) is 4.07. The van der Waals surface area contributed by atoms with Crippen LogP contribution in [-0.2, 0) is 4.79 Å². The van der Waals surface area contributed by atoms with Crippen LogP contribution >= 0.6 is 23.1 Å². The van der Waals surface area contributed by atoms with Gasteiger partial charge in [-0.2, -0.15) is 0 Å². The Balaban J connectivity index is 1.63. The van der Waals surface area contributed by atoms with Crippen molar-refractivity contribution < 1.29 is 9.18 Å². The van der Waals surface area contributed by atoms with E-state index in [4.69, 9.17) is 5.73 Å². The molecule has 1 aromatic heterocycles. The number of nitrogen functional groups attached to an aromatic ring is 1. The quantitative estimate of drug-likeness (QED) is 0.663.